The average Bonchev–Trinajstić information content (AvgIpc) is 2.59. The minimum atomic E-state index is 0. The molecule has 24 heavy (non-hydrogen) atoms. The van der Waals surface area contributed by atoms with E-state index in [2.05, 4.69) is 55.7 Å². The molecule has 2 heterocycles. The van der Waals surface area contributed by atoms with Gasteiger partial charge >= 0.3 is 0 Å². The molecule has 2 N–H and O–H groups in total. The van der Waals surface area contributed by atoms with E-state index in [0.717, 1.165) is 62.9 Å². The predicted molar refractivity (Wildman–Crippen MR) is 103 cm³/mol. The molecule has 0 atom stereocenters. The largest absolute Gasteiger partial charge is 0.353 e. The number of nitrogens with zero attached hydrogens (tertiary/aromatic N) is 1. The number of hydrogen-bond acceptors (Lipinski definition) is 3. The van der Waals surface area contributed by atoms with Crippen molar-refractivity contribution in [3.63, 3.8) is 0 Å². The van der Waals surface area contributed by atoms with Crippen molar-refractivity contribution >= 4 is 34.2 Å². The highest BCUT2D eigenvalue weighted by Gasteiger charge is 2.25. The maximum absolute atomic E-state index is 12.3. The van der Waals surface area contributed by atoms with Crippen molar-refractivity contribution in [3.05, 3.63) is 34.3 Å². The number of amides is 1. The Balaban J connectivity index is 0.00000208. The fourth-order valence-corrected chi connectivity index (χ4v) is 3.75. The Labute approximate surface area is 159 Å². The van der Waals surface area contributed by atoms with E-state index in [0.29, 0.717) is 6.04 Å². The SMILES string of the molecule is Cl.O=C(NC1CCN(Cc2ccc(Br)cc2)CC1)C1CCNCC1. The summed E-state index contributed by atoms with van der Waals surface area (Å²) in [5, 5.41) is 6.60. The van der Waals surface area contributed by atoms with Crippen molar-refractivity contribution in [3.8, 4) is 0 Å². The molecule has 0 aliphatic carbocycles. The van der Waals surface area contributed by atoms with Crippen LogP contribution in [0, 0.1) is 5.92 Å². The number of carbonyl (C=O) groups excluding carboxylic acids is 1. The summed E-state index contributed by atoms with van der Waals surface area (Å²) in [5.74, 6) is 0.495. The highest BCUT2D eigenvalue weighted by atomic mass is 79.9. The molecule has 0 radical (unpaired) electrons. The van der Waals surface area contributed by atoms with Crippen LogP contribution >= 0.6 is 28.3 Å². The summed E-state index contributed by atoms with van der Waals surface area (Å²) >= 11 is 3.48. The van der Waals surface area contributed by atoms with Crippen molar-refractivity contribution in [2.45, 2.75) is 38.3 Å². The summed E-state index contributed by atoms with van der Waals surface area (Å²) in [6, 6.07) is 8.91. The Morgan fingerprint density at radius 1 is 1.12 bits per heavy atom. The molecule has 2 aliphatic rings. The molecular weight excluding hydrogens is 390 g/mol. The molecule has 2 saturated heterocycles. The molecule has 0 unspecified atom stereocenters. The summed E-state index contributed by atoms with van der Waals surface area (Å²) in [7, 11) is 0. The first-order valence-corrected chi connectivity index (χ1v) is 9.48. The molecule has 6 heteroatoms. The summed E-state index contributed by atoms with van der Waals surface area (Å²) in [4.78, 5) is 14.8. The van der Waals surface area contributed by atoms with Gasteiger partial charge in [-0.05, 0) is 56.5 Å². The number of piperidine rings is 2. The number of benzene rings is 1. The van der Waals surface area contributed by atoms with Gasteiger partial charge in [0.2, 0.25) is 5.91 Å². The number of carbonyl (C=O) groups is 1. The lowest BCUT2D eigenvalue weighted by molar-refractivity contribution is -0.126. The van der Waals surface area contributed by atoms with Gasteiger partial charge in [-0.2, -0.15) is 0 Å². The van der Waals surface area contributed by atoms with Crippen molar-refractivity contribution < 1.29 is 4.79 Å². The predicted octanol–water partition coefficient (Wildman–Crippen LogP) is 2.95. The van der Waals surface area contributed by atoms with E-state index in [4.69, 9.17) is 0 Å². The zero-order valence-electron chi connectivity index (χ0n) is 14.0. The average molecular weight is 417 g/mol. The molecule has 0 spiro atoms. The molecule has 1 aromatic rings. The van der Waals surface area contributed by atoms with Crippen LogP contribution in [0.25, 0.3) is 0 Å². The van der Waals surface area contributed by atoms with Crippen LogP contribution in [0.15, 0.2) is 28.7 Å². The second-order valence-corrected chi connectivity index (χ2v) is 7.63. The van der Waals surface area contributed by atoms with Crippen molar-refractivity contribution in [2.75, 3.05) is 26.2 Å². The van der Waals surface area contributed by atoms with Crippen molar-refractivity contribution in [1.82, 2.24) is 15.5 Å². The molecule has 0 aromatic heterocycles. The summed E-state index contributed by atoms with van der Waals surface area (Å²) in [5.41, 5.74) is 1.35. The molecule has 134 valence electrons. The molecule has 4 nitrogen and oxygen atoms in total. The van der Waals surface area contributed by atoms with Crippen LogP contribution in [0.1, 0.15) is 31.2 Å². The monoisotopic (exact) mass is 415 g/mol. The number of likely N-dealkylation sites (tertiary alicyclic amines) is 1. The first kappa shape index (κ1) is 19.7. The molecular formula is C18H27BrClN3O. The summed E-state index contributed by atoms with van der Waals surface area (Å²) in [6.45, 7) is 5.08. The zero-order valence-corrected chi connectivity index (χ0v) is 16.4. The van der Waals surface area contributed by atoms with Gasteiger partial charge in [0.15, 0.2) is 0 Å². The minimum absolute atomic E-state index is 0. The van der Waals surface area contributed by atoms with Gasteiger partial charge in [0.05, 0.1) is 0 Å². The van der Waals surface area contributed by atoms with E-state index in [1.165, 1.54) is 5.56 Å². The van der Waals surface area contributed by atoms with Gasteiger partial charge in [-0.25, -0.2) is 0 Å². The maximum Gasteiger partial charge on any atom is 0.223 e. The number of hydrogen-bond donors (Lipinski definition) is 2. The lowest BCUT2D eigenvalue weighted by atomic mass is 9.96. The third-order valence-corrected chi connectivity index (χ3v) is 5.49. The highest BCUT2D eigenvalue weighted by molar-refractivity contribution is 9.10. The van der Waals surface area contributed by atoms with E-state index < -0.39 is 0 Å². The van der Waals surface area contributed by atoms with Crippen molar-refractivity contribution in [2.24, 2.45) is 5.92 Å². The molecule has 2 fully saturated rings. The lowest BCUT2D eigenvalue weighted by Crippen LogP contribution is -2.47. The number of rotatable bonds is 4. The number of nitrogens with one attached hydrogen (secondary N) is 2. The Morgan fingerprint density at radius 3 is 2.38 bits per heavy atom. The fourth-order valence-electron chi connectivity index (χ4n) is 3.49. The van der Waals surface area contributed by atoms with E-state index in [1.807, 2.05) is 0 Å². The quantitative estimate of drug-likeness (QED) is 0.793. The topological polar surface area (TPSA) is 44.4 Å². The molecule has 0 saturated carbocycles. The van der Waals surface area contributed by atoms with Gasteiger partial charge in [-0.3, -0.25) is 9.69 Å². The van der Waals surface area contributed by atoms with E-state index in [-0.39, 0.29) is 24.2 Å². The van der Waals surface area contributed by atoms with Crippen LogP contribution in [-0.4, -0.2) is 43.0 Å². The van der Waals surface area contributed by atoms with Crippen LogP contribution in [-0.2, 0) is 11.3 Å². The van der Waals surface area contributed by atoms with Crippen LogP contribution < -0.4 is 10.6 Å². The molecule has 3 rings (SSSR count). The van der Waals surface area contributed by atoms with Gasteiger partial charge in [-0.1, -0.05) is 28.1 Å². The standard InChI is InChI=1S/C18H26BrN3O.ClH/c19-16-3-1-14(2-4-16)13-22-11-7-17(8-12-22)21-18(23)15-5-9-20-10-6-15;/h1-4,15,17,20H,5-13H2,(H,21,23);1H. The lowest BCUT2D eigenvalue weighted by Gasteiger charge is -2.33. The van der Waals surface area contributed by atoms with Crippen LogP contribution in [0.5, 0.6) is 0 Å². The van der Waals surface area contributed by atoms with E-state index >= 15 is 0 Å². The fraction of sp³-hybridized carbons (Fsp3) is 0.611. The Kier molecular flexibility index (Phi) is 8.01. The zero-order chi connectivity index (χ0) is 16.1. The second-order valence-electron chi connectivity index (χ2n) is 6.71. The summed E-state index contributed by atoms with van der Waals surface area (Å²) < 4.78 is 1.13. The van der Waals surface area contributed by atoms with Gasteiger partial charge in [-0.15, -0.1) is 12.4 Å². The Hall–Kier alpha value is -0.620. The van der Waals surface area contributed by atoms with E-state index in [9.17, 15) is 4.79 Å². The minimum Gasteiger partial charge on any atom is -0.353 e. The third-order valence-electron chi connectivity index (χ3n) is 4.96. The molecule has 2 aliphatic heterocycles. The van der Waals surface area contributed by atoms with Gasteiger partial charge in [0, 0.05) is 36.1 Å². The van der Waals surface area contributed by atoms with E-state index in [1.54, 1.807) is 0 Å². The Morgan fingerprint density at radius 2 is 1.75 bits per heavy atom. The highest BCUT2D eigenvalue weighted by Crippen LogP contribution is 2.18. The van der Waals surface area contributed by atoms with Gasteiger partial charge < -0.3 is 10.6 Å². The second kappa shape index (κ2) is 9.76. The van der Waals surface area contributed by atoms with Crippen LogP contribution in [0.3, 0.4) is 0 Å². The van der Waals surface area contributed by atoms with Crippen LogP contribution in [0.2, 0.25) is 0 Å². The summed E-state index contributed by atoms with van der Waals surface area (Å²) in [6.07, 6.45) is 4.09. The first-order chi connectivity index (χ1) is 11.2. The third kappa shape index (κ3) is 5.73. The van der Waals surface area contributed by atoms with Gasteiger partial charge in [0.25, 0.3) is 0 Å². The van der Waals surface area contributed by atoms with Gasteiger partial charge in [0.1, 0.15) is 0 Å². The van der Waals surface area contributed by atoms with Crippen molar-refractivity contribution in [1.29, 1.82) is 0 Å². The normalized spacial score (nSPS) is 20.4. The molecule has 1 amide bonds. The van der Waals surface area contributed by atoms with Crippen LogP contribution in [0.4, 0.5) is 0 Å². The molecule has 1 aromatic carbocycles. The first-order valence-electron chi connectivity index (χ1n) is 8.68. The number of halogens is 2. The Bertz CT molecular complexity index is 512. The maximum atomic E-state index is 12.3. The molecule has 0 bridgehead atoms. The smallest absolute Gasteiger partial charge is 0.223 e.